The van der Waals surface area contributed by atoms with Crippen LogP contribution in [-0.4, -0.2) is 41.3 Å². The highest BCUT2D eigenvalue weighted by atomic mass is 16.5. The first kappa shape index (κ1) is 23.8. The van der Waals surface area contributed by atoms with Crippen LogP contribution in [0.4, 0.5) is 0 Å². The van der Waals surface area contributed by atoms with Crippen molar-refractivity contribution in [3.63, 3.8) is 0 Å². The molecule has 0 spiro atoms. The number of Topliss-reactive ketones (excluding diaryl/α,β-unsaturated/α-hetero) is 1. The molecule has 2 aliphatic rings. The molecule has 2 saturated carbocycles. The minimum atomic E-state index is -0.670. The van der Waals surface area contributed by atoms with Crippen molar-refractivity contribution in [1.29, 1.82) is 0 Å². The van der Waals surface area contributed by atoms with Crippen molar-refractivity contribution < 1.29 is 24.5 Å². The number of ether oxygens (including phenoxy) is 1. The number of carbonyl (C=O) groups is 2. The summed E-state index contributed by atoms with van der Waals surface area (Å²) in [6.07, 6.45) is 15.8. The molecule has 2 rings (SSSR count). The van der Waals surface area contributed by atoms with Gasteiger partial charge in [-0.15, -0.1) is 0 Å². The summed E-state index contributed by atoms with van der Waals surface area (Å²) in [5.74, 6) is -0.594. The van der Waals surface area contributed by atoms with E-state index >= 15 is 0 Å². The van der Waals surface area contributed by atoms with E-state index in [1.165, 1.54) is 13.5 Å². The molecule has 0 bridgehead atoms. The minimum Gasteiger partial charge on any atom is -0.469 e. The van der Waals surface area contributed by atoms with Crippen LogP contribution in [0, 0.1) is 17.3 Å². The van der Waals surface area contributed by atoms with Crippen molar-refractivity contribution >= 4 is 11.8 Å². The molecule has 0 aromatic rings. The van der Waals surface area contributed by atoms with Crippen LogP contribution in [-0.2, 0) is 14.3 Å². The average molecular weight is 407 g/mol. The first-order valence-corrected chi connectivity index (χ1v) is 11.2. The molecule has 2 N–H and O–H groups in total. The highest BCUT2D eigenvalue weighted by Crippen LogP contribution is 2.48. The number of allylic oxidation sites excluding steroid dienone is 2. The Balaban J connectivity index is 1.89. The molecule has 2 aliphatic carbocycles. The van der Waals surface area contributed by atoms with Gasteiger partial charge in [0.05, 0.1) is 19.3 Å². The number of carbonyl (C=O) groups excluding carboxylic acids is 2. The molecule has 164 valence electrons. The van der Waals surface area contributed by atoms with Gasteiger partial charge in [0.15, 0.2) is 0 Å². The van der Waals surface area contributed by atoms with E-state index in [1.807, 2.05) is 24.3 Å². The first-order valence-electron chi connectivity index (χ1n) is 11.2. The summed E-state index contributed by atoms with van der Waals surface area (Å²) in [5.41, 5.74) is -0.00485. The van der Waals surface area contributed by atoms with Gasteiger partial charge in [-0.25, -0.2) is 0 Å². The summed E-state index contributed by atoms with van der Waals surface area (Å²) in [6.45, 7) is 2.17. The maximum absolute atomic E-state index is 12.3. The zero-order valence-electron chi connectivity index (χ0n) is 18.0. The lowest BCUT2D eigenvalue weighted by Crippen LogP contribution is -2.40. The maximum Gasteiger partial charge on any atom is 0.305 e. The Labute approximate surface area is 175 Å². The first-order chi connectivity index (χ1) is 13.9. The number of aliphatic hydroxyl groups is 2. The van der Waals surface area contributed by atoms with Gasteiger partial charge in [0, 0.05) is 24.7 Å². The van der Waals surface area contributed by atoms with Crippen LogP contribution in [0.25, 0.3) is 0 Å². The molecule has 2 fully saturated rings. The molecule has 4 atom stereocenters. The van der Waals surface area contributed by atoms with Gasteiger partial charge >= 0.3 is 5.97 Å². The second-order valence-electron chi connectivity index (χ2n) is 8.75. The quantitative estimate of drug-likeness (QED) is 0.289. The number of methoxy groups -OCH3 is 1. The van der Waals surface area contributed by atoms with Gasteiger partial charge in [0.1, 0.15) is 5.78 Å². The normalized spacial score (nSPS) is 27.4. The number of rotatable bonds is 12. The van der Waals surface area contributed by atoms with Gasteiger partial charge in [-0.1, -0.05) is 50.5 Å². The summed E-state index contributed by atoms with van der Waals surface area (Å²) >= 11 is 0. The van der Waals surface area contributed by atoms with Crippen LogP contribution in [0.1, 0.15) is 77.6 Å². The Hall–Kier alpha value is -1.46. The third-order valence-electron chi connectivity index (χ3n) is 6.79. The SMILES string of the molecule is CCCCC1(C(O)/C=C/[C@H]2[C@H](O)CC(=O)[C@@H]2C/C=C\CCCC(=O)OC)CCC1. The molecular formula is C24H38O5. The standard InChI is InChI=1S/C24H38O5/c1-3-4-14-24(15-9-16-24)22(27)13-12-19-18(20(25)17-21(19)26)10-7-5-6-8-11-23(28)29-2/h5,7,12-13,18-19,21-22,26-27H,3-4,6,8-11,14-17H2,1-2H3/b7-5-,13-12+/t18-,19-,21-,22?/m1/s1. The fourth-order valence-electron chi connectivity index (χ4n) is 4.65. The monoisotopic (exact) mass is 406 g/mol. The van der Waals surface area contributed by atoms with E-state index in [1.54, 1.807) is 0 Å². The Morgan fingerprint density at radius 2 is 2.07 bits per heavy atom. The second kappa shape index (κ2) is 11.7. The fraction of sp³-hybridized carbons (Fsp3) is 0.750. The molecule has 1 unspecified atom stereocenters. The molecule has 0 radical (unpaired) electrons. The minimum absolute atomic E-state index is 0.00485. The van der Waals surface area contributed by atoms with Crippen LogP contribution in [0.3, 0.4) is 0 Å². The Kier molecular flexibility index (Phi) is 9.57. The predicted molar refractivity (Wildman–Crippen MR) is 113 cm³/mol. The molecule has 5 heteroatoms. The topological polar surface area (TPSA) is 83.8 Å². The Morgan fingerprint density at radius 3 is 2.69 bits per heavy atom. The van der Waals surface area contributed by atoms with Crippen LogP contribution in [0.15, 0.2) is 24.3 Å². The summed E-state index contributed by atoms with van der Waals surface area (Å²) in [7, 11) is 1.39. The van der Waals surface area contributed by atoms with Crippen molar-refractivity contribution in [2.75, 3.05) is 7.11 Å². The maximum atomic E-state index is 12.3. The summed E-state index contributed by atoms with van der Waals surface area (Å²) in [6, 6.07) is 0. The van der Waals surface area contributed by atoms with Crippen molar-refractivity contribution in [3.8, 4) is 0 Å². The van der Waals surface area contributed by atoms with Crippen LogP contribution in [0.2, 0.25) is 0 Å². The zero-order chi connectivity index (χ0) is 21.3. The highest BCUT2D eigenvalue weighted by molar-refractivity contribution is 5.84. The lowest BCUT2D eigenvalue weighted by atomic mass is 9.62. The molecule has 0 saturated heterocycles. The summed E-state index contributed by atoms with van der Waals surface area (Å²) < 4.78 is 4.62. The van der Waals surface area contributed by atoms with Gasteiger partial charge in [0.25, 0.3) is 0 Å². The largest absolute Gasteiger partial charge is 0.469 e. The third-order valence-corrected chi connectivity index (χ3v) is 6.79. The fourth-order valence-corrected chi connectivity index (χ4v) is 4.65. The van der Waals surface area contributed by atoms with Crippen LogP contribution < -0.4 is 0 Å². The molecule has 0 aromatic heterocycles. The molecule has 0 aromatic carbocycles. The van der Waals surface area contributed by atoms with E-state index in [9.17, 15) is 19.8 Å². The van der Waals surface area contributed by atoms with Gasteiger partial charge in [-0.05, 0) is 43.9 Å². The van der Waals surface area contributed by atoms with Gasteiger partial charge in [-0.2, -0.15) is 0 Å². The van der Waals surface area contributed by atoms with E-state index in [4.69, 9.17) is 0 Å². The molecule has 29 heavy (non-hydrogen) atoms. The number of esters is 1. The van der Waals surface area contributed by atoms with Crippen LogP contribution >= 0.6 is 0 Å². The van der Waals surface area contributed by atoms with Crippen molar-refractivity contribution in [2.45, 2.75) is 89.8 Å². The molecule has 5 nitrogen and oxygen atoms in total. The molecule has 0 aliphatic heterocycles. The summed E-state index contributed by atoms with van der Waals surface area (Å²) in [4.78, 5) is 23.5. The van der Waals surface area contributed by atoms with Gasteiger partial charge in [-0.3, -0.25) is 9.59 Å². The number of hydrogen-bond acceptors (Lipinski definition) is 5. The van der Waals surface area contributed by atoms with Crippen LogP contribution in [0.5, 0.6) is 0 Å². The third kappa shape index (κ3) is 6.51. The number of ketones is 1. The second-order valence-corrected chi connectivity index (χ2v) is 8.75. The smallest absolute Gasteiger partial charge is 0.305 e. The van der Waals surface area contributed by atoms with E-state index in [0.29, 0.717) is 12.8 Å². The number of unbranched alkanes of at least 4 members (excludes halogenated alkanes) is 2. The van der Waals surface area contributed by atoms with E-state index < -0.39 is 12.2 Å². The lowest BCUT2D eigenvalue weighted by Gasteiger charge is -2.45. The molecular weight excluding hydrogens is 368 g/mol. The Morgan fingerprint density at radius 1 is 1.31 bits per heavy atom. The van der Waals surface area contributed by atoms with Crippen molar-refractivity contribution in [1.82, 2.24) is 0 Å². The van der Waals surface area contributed by atoms with Gasteiger partial charge < -0.3 is 14.9 Å². The zero-order valence-corrected chi connectivity index (χ0v) is 18.0. The van der Waals surface area contributed by atoms with Crippen molar-refractivity contribution in [2.24, 2.45) is 17.3 Å². The Bertz CT molecular complexity index is 590. The van der Waals surface area contributed by atoms with E-state index in [0.717, 1.165) is 44.9 Å². The molecule has 0 heterocycles. The average Bonchev–Trinajstić information content (AvgIpc) is 2.94. The number of aliphatic hydroxyl groups excluding tert-OH is 2. The predicted octanol–water partition coefficient (Wildman–Crippen LogP) is 4.12. The number of hydrogen-bond donors (Lipinski definition) is 2. The highest BCUT2D eigenvalue weighted by Gasteiger charge is 2.43. The van der Waals surface area contributed by atoms with Gasteiger partial charge in [0.2, 0.25) is 0 Å². The lowest BCUT2D eigenvalue weighted by molar-refractivity contribution is -0.140. The van der Waals surface area contributed by atoms with Crippen molar-refractivity contribution in [3.05, 3.63) is 24.3 Å². The summed E-state index contributed by atoms with van der Waals surface area (Å²) in [5, 5.41) is 21.1. The van der Waals surface area contributed by atoms with E-state index in [-0.39, 0.29) is 35.4 Å². The van der Waals surface area contributed by atoms with E-state index in [2.05, 4.69) is 11.7 Å². The molecule has 0 amide bonds.